The number of benzene rings is 3. The van der Waals surface area contributed by atoms with Crippen LogP contribution in [0.15, 0.2) is 91.0 Å². The summed E-state index contributed by atoms with van der Waals surface area (Å²) in [6.45, 7) is 0. The summed E-state index contributed by atoms with van der Waals surface area (Å²) in [7, 11) is 0. The fraction of sp³-hybridized carbons (Fsp3) is 0.0833. The summed E-state index contributed by atoms with van der Waals surface area (Å²) in [4.78, 5) is 0. The van der Waals surface area contributed by atoms with Crippen molar-refractivity contribution >= 4 is 17.2 Å². The van der Waals surface area contributed by atoms with E-state index in [1.807, 2.05) is 0 Å². The molecule has 0 fully saturated rings. The zero-order valence-corrected chi connectivity index (χ0v) is 13.4. The van der Waals surface area contributed by atoms with Crippen LogP contribution < -0.4 is 0 Å². The molecule has 0 aliphatic heterocycles. The molecule has 0 N–H and O–H groups in total. The quantitative estimate of drug-likeness (QED) is 0.541. The van der Waals surface area contributed by atoms with Gasteiger partial charge in [0.1, 0.15) is 0 Å². The number of allylic oxidation sites excluding steroid dienone is 3. The van der Waals surface area contributed by atoms with Crippen LogP contribution in [0.4, 0.5) is 0 Å². The molecule has 5 rings (SSSR count). The lowest BCUT2D eigenvalue weighted by molar-refractivity contribution is 0.683. The number of hydrogen-bond donors (Lipinski definition) is 0. The molecule has 0 radical (unpaired) electrons. The highest BCUT2D eigenvalue weighted by atomic mass is 14.4. The van der Waals surface area contributed by atoms with Crippen molar-refractivity contribution in [1.29, 1.82) is 0 Å². The van der Waals surface area contributed by atoms with Crippen LogP contribution in [0.1, 0.15) is 28.2 Å². The van der Waals surface area contributed by atoms with E-state index in [-0.39, 0.29) is 0 Å². The van der Waals surface area contributed by atoms with Crippen LogP contribution in [0.5, 0.6) is 0 Å². The van der Waals surface area contributed by atoms with Gasteiger partial charge in [0, 0.05) is 11.8 Å². The maximum atomic E-state index is 2.39. The Labute approximate surface area is 142 Å². The molecular formula is C24H18. The molecule has 3 aromatic rings. The third-order valence-corrected chi connectivity index (χ3v) is 5.28. The largest absolute Gasteiger partial charge is 0.0754 e. The van der Waals surface area contributed by atoms with Gasteiger partial charge in [-0.3, -0.25) is 0 Å². The van der Waals surface area contributed by atoms with E-state index in [4.69, 9.17) is 0 Å². The minimum absolute atomic E-state index is 0.476. The van der Waals surface area contributed by atoms with Crippen molar-refractivity contribution in [3.8, 4) is 0 Å². The van der Waals surface area contributed by atoms with Crippen molar-refractivity contribution in [2.75, 3.05) is 0 Å². The predicted molar refractivity (Wildman–Crippen MR) is 101 cm³/mol. The van der Waals surface area contributed by atoms with Gasteiger partial charge in [-0.05, 0) is 33.4 Å². The first-order valence-corrected chi connectivity index (χ1v) is 8.55. The Kier molecular flexibility index (Phi) is 3.02. The monoisotopic (exact) mass is 306 g/mol. The lowest BCUT2D eigenvalue weighted by Crippen LogP contribution is -2.28. The molecule has 2 unspecified atom stereocenters. The minimum Gasteiger partial charge on any atom is -0.0754 e. The average Bonchev–Trinajstić information content (AvgIpc) is 2.64. The molecule has 2 aliphatic carbocycles. The van der Waals surface area contributed by atoms with Gasteiger partial charge >= 0.3 is 0 Å². The molecule has 0 amide bonds. The van der Waals surface area contributed by atoms with Crippen LogP contribution in [-0.2, 0) is 0 Å². The van der Waals surface area contributed by atoms with E-state index >= 15 is 0 Å². The van der Waals surface area contributed by atoms with Gasteiger partial charge in [0.25, 0.3) is 0 Å². The van der Waals surface area contributed by atoms with Gasteiger partial charge in [0.2, 0.25) is 0 Å². The Morgan fingerprint density at radius 2 is 1.12 bits per heavy atom. The van der Waals surface area contributed by atoms with E-state index in [0.717, 1.165) is 0 Å². The molecule has 0 nitrogen and oxygen atoms in total. The van der Waals surface area contributed by atoms with Gasteiger partial charge in [-0.15, -0.1) is 0 Å². The molecule has 2 aliphatic rings. The molecule has 0 saturated heterocycles. The average molecular weight is 306 g/mol. The van der Waals surface area contributed by atoms with Gasteiger partial charge in [-0.25, -0.2) is 0 Å². The summed E-state index contributed by atoms with van der Waals surface area (Å²) in [5.74, 6) is 0.960. The number of fused-ring (bicyclic) bond motifs is 3. The van der Waals surface area contributed by atoms with Crippen molar-refractivity contribution in [2.24, 2.45) is 5.92 Å². The standard InChI is InChI=1S/C24H18/c1-3-10-18(11-4-1)22-21-16-15-17-9-7-8-14-20(17)24(21)23(22)19-12-5-2-6-13-19/h1-16,21,24H. The summed E-state index contributed by atoms with van der Waals surface area (Å²) in [6.07, 6.45) is 4.68. The van der Waals surface area contributed by atoms with Crippen LogP contribution in [-0.4, -0.2) is 0 Å². The zero-order chi connectivity index (χ0) is 15.9. The van der Waals surface area contributed by atoms with Gasteiger partial charge in [-0.2, -0.15) is 0 Å². The molecular weight excluding hydrogens is 288 g/mol. The Hall–Kier alpha value is -2.86. The topological polar surface area (TPSA) is 0 Å². The molecule has 0 bridgehead atoms. The van der Waals surface area contributed by atoms with E-state index in [1.54, 1.807) is 0 Å². The van der Waals surface area contributed by atoms with Crippen molar-refractivity contribution in [1.82, 2.24) is 0 Å². The maximum Gasteiger partial charge on any atom is 0.0208 e. The highest BCUT2D eigenvalue weighted by Crippen LogP contribution is 2.59. The smallest absolute Gasteiger partial charge is 0.0208 e. The van der Waals surface area contributed by atoms with E-state index < -0.39 is 0 Å². The summed E-state index contributed by atoms with van der Waals surface area (Å²) < 4.78 is 0. The first-order valence-electron chi connectivity index (χ1n) is 8.55. The first kappa shape index (κ1) is 13.6. The second kappa shape index (κ2) is 5.35. The van der Waals surface area contributed by atoms with E-state index in [2.05, 4.69) is 97.1 Å². The summed E-state index contributed by atoms with van der Waals surface area (Å²) in [5, 5.41) is 0. The third kappa shape index (κ3) is 1.93. The van der Waals surface area contributed by atoms with Gasteiger partial charge < -0.3 is 0 Å². The lowest BCUT2D eigenvalue weighted by Gasteiger charge is -2.44. The van der Waals surface area contributed by atoms with Crippen LogP contribution in [0.2, 0.25) is 0 Å². The molecule has 0 aromatic heterocycles. The molecule has 114 valence electrons. The zero-order valence-electron chi connectivity index (χ0n) is 13.4. The van der Waals surface area contributed by atoms with Crippen LogP contribution in [0, 0.1) is 5.92 Å². The SMILES string of the molecule is C1=CC2C(c3ccccc3)=C(c3ccccc3)C2c2ccccc21. The Morgan fingerprint density at radius 1 is 0.542 bits per heavy atom. The Balaban J connectivity index is 1.75. The van der Waals surface area contributed by atoms with Crippen molar-refractivity contribution in [3.63, 3.8) is 0 Å². The predicted octanol–water partition coefficient (Wildman–Crippen LogP) is 6.04. The fourth-order valence-corrected chi connectivity index (χ4v) is 4.23. The van der Waals surface area contributed by atoms with Gasteiger partial charge in [0.05, 0.1) is 0 Å². The van der Waals surface area contributed by atoms with Crippen LogP contribution in [0.25, 0.3) is 17.2 Å². The minimum atomic E-state index is 0.476. The third-order valence-electron chi connectivity index (χ3n) is 5.28. The second-order valence-electron chi connectivity index (χ2n) is 6.55. The molecule has 24 heavy (non-hydrogen) atoms. The molecule has 0 heterocycles. The molecule has 0 spiro atoms. The summed E-state index contributed by atoms with van der Waals surface area (Å²) >= 11 is 0. The molecule has 2 atom stereocenters. The second-order valence-corrected chi connectivity index (χ2v) is 6.55. The highest BCUT2D eigenvalue weighted by molar-refractivity contribution is 6.04. The first-order chi connectivity index (χ1) is 11.9. The fourth-order valence-electron chi connectivity index (χ4n) is 4.23. The van der Waals surface area contributed by atoms with Crippen molar-refractivity contribution < 1.29 is 0 Å². The van der Waals surface area contributed by atoms with E-state index in [1.165, 1.54) is 33.4 Å². The van der Waals surface area contributed by atoms with Crippen LogP contribution in [0.3, 0.4) is 0 Å². The van der Waals surface area contributed by atoms with E-state index in [9.17, 15) is 0 Å². The van der Waals surface area contributed by atoms with Crippen LogP contribution >= 0.6 is 0 Å². The van der Waals surface area contributed by atoms with Crippen molar-refractivity contribution in [3.05, 3.63) is 113 Å². The molecule has 0 heteroatoms. The molecule has 3 aromatic carbocycles. The van der Waals surface area contributed by atoms with Crippen molar-refractivity contribution in [2.45, 2.75) is 5.92 Å². The Bertz CT molecular complexity index is 946. The summed E-state index contributed by atoms with van der Waals surface area (Å²) in [6, 6.07) is 30.5. The lowest BCUT2D eigenvalue weighted by atomic mass is 9.58. The molecule has 0 saturated carbocycles. The van der Waals surface area contributed by atoms with Gasteiger partial charge in [0.15, 0.2) is 0 Å². The summed E-state index contributed by atoms with van der Waals surface area (Å²) in [5.41, 5.74) is 8.49. The van der Waals surface area contributed by atoms with Gasteiger partial charge in [-0.1, -0.05) is 97.1 Å². The van der Waals surface area contributed by atoms with E-state index in [0.29, 0.717) is 11.8 Å². The maximum absolute atomic E-state index is 2.39. The Morgan fingerprint density at radius 3 is 1.83 bits per heavy atom. The highest BCUT2D eigenvalue weighted by Gasteiger charge is 2.42. The number of hydrogen-bond acceptors (Lipinski definition) is 0. The number of rotatable bonds is 2. The normalized spacial score (nSPS) is 21.0.